The zero-order chi connectivity index (χ0) is 15.4. The molecule has 1 aliphatic rings. The van der Waals surface area contributed by atoms with Crippen molar-refractivity contribution in [3.63, 3.8) is 0 Å². The van der Waals surface area contributed by atoms with Crippen LogP contribution in [0.1, 0.15) is 32.4 Å². The van der Waals surface area contributed by atoms with Crippen LogP contribution in [-0.4, -0.2) is 43.3 Å². The number of hydrogen-bond acceptors (Lipinski definition) is 4. The van der Waals surface area contributed by atoms with Crippen LogP contribution in [0.3, 0.4) is 0 Å². The summed E-state index contributed by atoms with van der Waals surface area (Å²) < 4.78 is 25.2. The second kappa shape index (κ2) is 7.20. The van der Waals surface area contributed by atoms with Gasteiger partial charge in [-0.1, -0.05) is 6.07 Å². The van der Waals surface area contributed by atoms with Crippen molar-refractivity contribution in [3.05, 3.63) is 29.6 Å². The minimum Gasteiger partial charge on any atom is -0.491 e. The second-order valence-corrected chi connectivity index (χ2v) is 5.86. The van der Waals surface area contributed by atoms with E-state index in [2.05, 4.69) is 18.7 Å². The van der Waals surface area contributed by atoms with Gasteiger partial charge in [0.05, 0.1) is 6.61 Å². The third-order valence-corrected chi connectivity index (χ3v) is 3.80. The first kappa shape index (κ1) is 16.2. The first-order chi connectivity index (χ1) is 9.97. The largest absolute Gasteiger partial charge is 0.491 e. The van der Waals surface area contributed by atoms with Crippen molar-refractivity contribution < 1.29 is 13.9 Å². The molecule has 1 aromatic rings. The quantitative estimate of drug-likeness (QED) is 0.906. The molecule has 1 heterocycles. The molecular formula is C16H25FN2O2. The normalized spacial score (nSPS) is 21.5. The summed E-state index contributed by atoms with van der Waals surface area (Å²) in [6.45, 7) is 9.04. The molecule has 0 bridgehead atoms. The van der Waals surface area contributed by atoms with Crippen LogP contribution in [0.25, 0.3) is 0 Å². The van der Waals surface area contributed by atoms with Gasteiger partial charge in [-0.15, -0.1) is 0 Å². The Morgan fingerprint density at radius 3 is 2.81 bits per heavy atom. The Labute approximate surface area is 126 Å². The Balaban J connectivity index is 1.89. The number of nitrogens with two attached hydrogens (primary N) is 1. The molecule has 0 spiro atoms. The highest BCUT2D eigenvalue weighted by Gasteiger charge is 2.22. The van der Waals surface area contributed by atoms with Gasteiger partial charge in [0.2, 0.25) is 0 Å². The molecule has 118 valence electrons. The third-order valence-electron chi connectivity index (χ3n) is 3.80. The van der Waals surface area contributed by atoms with Crippen LogP contribution in [0.2, 0.25) is 0 Å². The van der Waals surface area contributed by atoms with E-state index in [1.807, 2.05) is 0 Å². The van der Waals surface area contributed by atoms with Gasteiger partial charge in [-0.3, -0.25) is 4.90 Å². The van der Waals surface area contributed by atoms with E-state index in [0.717, 1.165) is 13.1 Å². The topological polar surface area (TPSA) is 47.7 Å². The van der Waals surface area contributed by atoms with Crippen LogP contribution in [0.4, 0.5) is 4.39 Å². The van der Waals surface area contributed by atoms with Crippen LogP contribution >= 0.6 is 0 Å². The maximum absolute atomic E-state index is 13.8. The van der Waals surface area contributed by atoms with E-state index in [-0.39, 0.29) is 18.0 Å². The molecule has 1 aliphatic heterocycles. The molecule has 2 rings (SSSR count). The highest BCUT2D eigenvalue weighted by atomic mass is 19.1. The number of halogens is 1. The van der Waals surface area contributed by atoms with E-state index in [1.165, 1.54) is 6.07 Å². The van der Waals surface area contributed by atoms with Crippen LogP contribution in [0.15, 0.2) is 18.2 Å². The minimum atomic E-state index is -0.323. The van der Waals surface area contributed by atoms with Crippen molar-refractivity contribution in [2.45, 2.75) is 39.0 Å². The molecule has 2 unspecified atom stereocenters. The van der Waals surface area contributed by atoms with Crippen LogP contribution in [0.5, 0.6) is 5.75 Å². The number of hydrogen-bond donors (Lipinski definition) is 1. The van der Waals surface area contributed by atoms with Gasteiger partial charge in [-0.05, 0) is 26.8 Å². The summed E-state index contributed by atoms with van der Waals surface area (Å²) in [5.41, 5.74) is 6.19. The average Bonchev–Trinajstić information content (AvgIpc) is 2.45. The molecule has 21 heavy (non-hydrogen) atoms. The molecule has 0 amide bonds. The van der Waals surface area contributed by atoms with Gasteiger partial charge in [-0.25, -0.2) is 4.39 Å². The maximum Gasteiger partial charge on any atom is 0.131 e. The molecule has 2 atom stereocenters. The van der Waals surface area contributed by atoms with Crippen molar-refractivity contribution in [2.24, 2.45) is 5.73 Å². The van der Waals surface area contributed by atoms with Gasteiger partial charge >= 0.3 is 0 Å². The van der Waals surface area contributed by atoms with Crippen molar-refractivity contribution >= 4 is 0 Å². The Morgan fingerprint density at radius 2 is 2.19 bits per heavy atom. The number of benzene rings is 1. The highest BCUT2D eigenvalue weighted by molar-refractivity contribution is 5.30. The van der Waals surface area contributed by atoms with Gasteiger partial charge in [-0.2, -0.15) is 0 Å². The van der Waals surface area contributed by atoms with Crippen LogP contribution < -0.4 is 10.5 Å². The third kappa shape index (κ3) is 4.40. The van der Waals surface area contributed by atoms with E-state index in [4.69, 9.17) is 15.2 Å². The minimum absolute atomic E-state index is 0.0253. The van der Waals surface area contributed by atoms with Gasteiger partial charge in [0.15, 0.2) is 0 Å². The van der Waals surface area contributed by atoms with E-state index < -0.39 is 0 Å². The van der Waals surface area contributed by atoms with E-state index in [1.54, 1.807) is 19.1 Å². The second-order valence-electron chi connectivity index (χ2n) is 5.86. The fourth-order valence-electron chi connectivity index (χ4n) is 2.47. The number of rotatable bonds is 5. The maximum atomic E-state index is 13.8. The molecular weight excluding hydrogens is 271 g/mol. The Morgan fingerprint density at radius 1 is 1.43 bits per heavy atom. The predicted octanol–water partition coefficient (Wildman–Crippen LogP) is 2.33. The zero-order valence-corrected chi connectivity index (χ0v) is 13.0. The summed E-state index contributed by atoms with van der Waals surface area (Å²) in [6.07, 6.45) is 0.0253. The Kier molecular flexibility index (Phi) is 5.56. The van der Waals surface area contributed by atoms with E-state index >= 15 is 0 Å². The lowest BCUT2D eigenvalue weighted by Gasteiger charge is -2.35. The number of morpholine rings is 1. The van der Waals surface area contributed by atoms with Crippen LogP contribution in [0, 0.1) is 5.82 Å². The van der Waals surface area contributed by atoms with E-state index in [9.17, 15) is 4.39 Å². The molecule has 1 aromatic carbocycles. The first-order valence-electron chi connectivity index (χ1n) is 7.51. The zero-order valence-electron chi connectivity index (χ0n) is 13.0. The predicted molar refractivity (Wildman–Crippen MR) is 80.9 cm³/mol. The fraction of sp³-hybridized carbons (Fsp3) is 0.625. The molecule has 0 radical (unpaired) electrons. The average molecular weight is 296 g/mol. The lowest BCUT2D eigenvalue weighted by atomic mass is 10.1. The van der Waals surface area contributed by atoms with Crippen molar-refractivity contribution in [2.75, 3.05) is 26.3 Å². The van der Waals surface area contributed by atoms with Crippen molar-refractivity contribution in [1.82, 2.24) is 4.90 Å². The number of ether oxygens (including phenoxy) is 2. The standard InChI is InChI=1S/C16H25FN2O2/c1-11(2)19-6-7-20-14(9-19)10-21-13-4-5-15(12(3)18)16(17)8-13/h4-5,8,11-12,14H,6-7,9-10,18H2,1-3H3. The lowest BCUT2D eigenvalue weighted by molar-refractivity contribution is -0.0564. The van der Waals surface area contributed by atoms with Gasteiger partial charge in [0.1, 0.15) is 24.3 Å². The van der Waals surface area contributed by atoms with Gasteiger partial charge in [0, 0.05) is 36.8 Å². The molecule has 5 heteroatoms. The Hall–Kier alpha value is -1.17. The first-order valence-corrected chi connectivity index (χ1v) is 7.51. The number of nitrogens with zero attached hydrogens (tertiary/aromatic N) is 1. The SMILES string of the molecule is CC(N)c1ccc(OCC2CN(C(C)C)CCO2)cc1F. The molecule has 0 aliphatic carbocycles. The smallest absolute Gasteiger partial charge is 0.131 e. The summed E-state index contributed by atoms with van der Waals surface area (Å²) in [7, 11) is 0. The summed E-state index contributed by atoms with van der Waals surface area (Å²) in [6, 6.07) is 5.00. The summed E-state index contributed by atoms with van der Waals surface area (Å²) in [5, 5.41) is 0. The van der Waals surface area contributed by atoms with Crippen molar-refractivity contribution in [3.8, 4) is 5.75 Å². The fourth-order valence-corrected chi connectivity index (χ4v) is 2.47. The molecule has 2 N–H and O–H groups in total. The van der Waals surface area contributed by atoms with Crippen LogP contribution in [-0.2, 0) is 4.74 Å². The summed E-state index contributed by atoms with van der Waals surface area (Å²) in [5.74, 6) is 0.193. The summed E-state index contributed by atoms with van der Waals surface area (Å²) >= 11 is 0. The molecule has 0 saturated carbocycles. The lowest BCUT2D eigenvalue weighted by Crippen LogP contribution is -2.47. The molecule has 1 saturated heterocycles. The van der Waals surface area contributed by atoms with Gasteiger partial charge < -0.3 is 15.2 Å². The monoisotopic (exact) mass is 296 g/mol. The summed E-state index contributed by atoms with van der Waals surface area (Å²) in [4.78, 5) is 2.36. The van der Waals surface area contributed by atoms with Crippen molar-refractivity contribution in [1.29, 1.82) is 0 Å². The van der Waals surface area contributed by atoms with E-state index in [0.29, 0.717) is 30.6 Å². The Bertz CT molecular complexity index is 466. The van der Waals surface area contributed by atoms with Gasteiger partial charge in [0.25, 0.3) is 0 Å². The molecule has 0 aromatic heterocycles. The highest BCUT2D eigenvalue weighted by Crippen LogP contribution is 2.21. The molecule has 1 fully saturated rings. The molecule has 4 nitrogen and oxygen atoms in total.